The van der Waals surface area contributed by atoms with Crippen LogP contribution in [-0.2, 0) is 17.6 Å². The number of ether oxygens (including phenoxy) is 1. The molecule has 0 spiro atoms. The van der Waals surface area contributed by atoms with Crippen LogP contribution in [0.4, 0.5) is 0 Å². The Kier molecular flexibility index (Phi) is 9.29. The number of pyridine rings is 2. The van der Waals surface area contributed by atoms with Crippen molar-refractivity contribution in [3.05, 3.63) is 89.4 Å². The van der Waals surface area contributed by atoms with Crippen LogP contribution in [0.3, 0.4) is 0 Å². The van der Waals surface area contributed by atoms with Crippen LogP contribution < -0.4 is 4.74 Å². The van der Waals surface area contributed by atoms with Gasteiger partial charge >= 0.3 is 0 Å². The van der Waals surface area contributed by atoms with Crippen LogP contribution in [0.1, 0.15) is 40.9 Å². The van der Waals surface area contributed by atoms with Gasteiger partial charge < -0.3 is 19.6 Å². The van der Waals surface area contributed by atoms with E-state index < -0.39 is 12.1 Å². The van der Waals surface area contributed by atoms with Gasteiger partial charge in [-0.3, -0.25) is 14.6 Å². The molecule has 3 atom stereocenters. The number of amides is 2. The van der Waals surface area contributed by atoms with Gasteiger partial charge in [-0.25, -0.2) is 4.98 Å². The fourth-order valence-corrected chi connectivity index (χ4v) is 4.42. The smallest absolute Gasteiger partial charge is 0.259 e. The van der Waals surface area contributed by atoms with Gasteiger partial charge in [-0.15, -0.1) is 0 Å². The van der Waals surface area contributed by atoms with Crippen molar-refractivity contribution in [1.82, 2.24) is 19.8 Å². The van der Waals surface area contributed by atoms with Gasteiger partial charge in [-0.05, 0) is 30.2 Å². The molecule has 0 saturated heterocycles. The maximum absolute atomic E-state index is 13.6. The lowest BCUT2D eigenvalue weighted by Crippen LogP contribution is -2.50. The Hall–Kier alpha value is -4.22. The molecule has 0 saturated carbocycles. The number of carbonyl (C=O) groups is 2. The van der Waals surface area contributed by atoms with E-state index >= 15 is 0 Å². The van der Waals surface area contributed by atoms with E-state index in [1.54, 1.807) is 47.6 Å². The standard InChI is InChI=1S/C31H34N4O4/c1-22-19-35(23(2)21-36)31(38)27-15-25(12-7-11-24-9-5-4-6-10-24)18-33-30(27)39-28(22)20-34(3)29(37)16-26-13-8-14-32-17-26/h4-6,8-10,13-15,17-18,22-23,28,36H,11,16,19-21H2,1-3H3/t22-,23+,28-/m1/s1. The quantitative estimate of drug-likeness (QED) is 0.476. The minimum absolute atomic E-state index is 0.0604. The van der Waals surface area contributed by atoms with Crippen LogP contribution >= 0.6 is 0 Å². The molecule has 0 unspecified atom stereocenters. The molecular formula is C31H34N4O4. The first-order chi connectivity index (χ1) is 18.9. The van der Waals surface area contributed by atoms with Gasteiger partial charge in [-0.1, -0.05) is 55.2 Å². The van der Waals surface area contributed by atoms with Gasteiger partial charge in [-0.2, -0.15) is 0 Å². The highest BCUT2D eigenvalue weighted by atomic mass is 16.5. The lowest BCUT2D eigenvalue weighted by Gasteiger charge is -2.37. The number of hydrogen-bond donors (Lipinski definition) is 1. The monoisotopic (exact) mass is 526 g/mol. The van der Waals surface area contributed by atoms with Crippen LogP contribution in [0.2, 0.25) is 0 Å². The average Bonchev–Trinajstić information content (AvgIpc) is 2.95. The van der Waals surface area contributed by atoms with Crippen molar-refractivity contribution in [3.63, 3.8) is 0 Å². The largest absolute Gasteiger partial charge is 0.472 e. The summed E-state index contributed by atoms with van der Waals surface area (Å²) in [7, 11) is 1.74. The lowest BCUT2D eigenvalue weighted by atomic mass is 9.99. The molecule has 0 fully saturated rings. The minimum Gasteiger partial charge on any atom is -0.472 e. The number of aliphatic hydroxyl groups is 1. The van der Waals surface area contributed by atoms with Crippen molar-refractivity contribution >= 4 is 11.8 Å². The number of benzene rings is 1. The third kappa shape index (κ3) is 7.21. The van der Waals surface area contributed by atoms with E-state index in [4.69, 9.17) is 4.74 Å². The number of nitrogens with zero attached hydrogens (tertiary/aromatic N) is 4. The Labute approximate surface area is 229 Å². The Morgan fingerprint density at radius 2 is 1.97 bits per heavy atom. The van der Waals surface area contributed by atoms with E-state index in [2.05, 4.69) is 21.8 Å². The van der Waals surface area contributed by atoms with E-state index in [1.165, 1.54) is 0 Å². The predicted octanol–water partition coefficient (Wildman–Crippen LogP) is 2.99. The Bertz CT molecular complexity index is 1340. The van der Waals surface area contributed by atoms with Gasteiger partial charge in [0.2, 0.25) is 11.8 Å². The van der Waals surface area contributed by atoms with Crippen molar-refractivity contribution in [3.8, 4) is 17.7 Å². The second kappa shape index (κ2) is 13.0. The maximum Gasteiger partial charge on any atom is 0.259 e. The Balaban J connectivity index is 1.57. The molecule has 4 rings (SSSR count). The summed E-state index contributed by atoms with van der Waals surface area (Å²) in [5, 5.41) is 9.88. The van der Waals surface area contributed by atoms with E-state index in [9.17, 15) is 14.7 Å². The Morgan fingerprint density at radius 1 is 1.21 bits per heavy atom. The molecule has 1 N–H and O–H groups in total. The van der Waals surface area contributed by atoms with Gasteiger partial charge in [0.15, 0.2) is 0 Å². The number of rotatable bonds is 7. The highest BCUT2D eigenvalue weighted by molar-refractivity contribution is 5.97. The van der Waals surface area contributed by atoms with Crippen molar-refractivity contribution < 1.29 is 19.4 Å². The molecule has 1 aromatic carbocycles. The third-order valence-corrected chi connectivity index (χ3v) is 6.85. The Morgan fingerprint density at radius 3 is 2.69 bits per heavy atom. The number of hydrogen-bond acceptors (Lipinski definition) is 6. The second-order valence-electron chi connectivity index (χ2n) is 9.98. The second-order valence-corrected chi connectivity index (χ2v) is 9.98. The number of likely N-dealkylation sites (N-methyl/N-ethyl adjacent to an activating group) is 1. The molecule has 8 nitrogen and oxygen atoms in total. The fraction of sp³-hybridized carbons (Fsp3) is 0.355. The third-order valence-electron chi connectivity index (χ3n) is 6.85. The SMILES string of the molecule is C[C@@H]1CN([C@@H](C)CO)C(=O)c2cc(C#CCc3ccccc3)cnc2O[C@@H]1CN(C)C(=O)Cc1cccnc1. The zero-order chi connectivity index (χ0) is 27.8. The topological polar surface area (TPSA) is 95.9 Å². The molecule has 3 heterocycles. The van der Waals surface area contributed by atoms with Crippen LogP contribution in [0.25, 0.3) is 0 Å². The summed E-state index contributed by atoms with van der Waals surface area (Å²) in [6.07, 6.45) is 5.35. The van der Waals surface area contributed by atoms with Gasteiger partial charge in [0.1, 0.15) is 11.7 Å². The molecule has 3 aromatic rings. The molecule has 2 amide bonds. The average molecular weight is 527 g/mol. The molecule has 1 aliphatic heterocycles. The number of aliphatic hydroxyl groups excluding tert-OH is 1. The van der Waals surface area contributed by atoms with E-state index in [0.29, 0.717) is 30.6 Å². The first kappa shape index (κ1) is 27.8. The van der Waals surface area contributed by atoms with Crippen LogP contribution in [-0.4, -0.2) is 75.6 Å². The zero-order valence-corrected chi connectivity index (χ0v) is 22.6. The summed E-state index contributed by atoms with van der Waals surface area (Å²) < 4.78 is 6.31. The molecule has 202 valence electrons. The van der Waals surface area contributed by atoms with Gasteiger partial charge in [0.25, 0.3) is 5.91 Å². The molecular weight excluding hydrogens is 492 g/mol. The summed E-state index contributed by atoms with van der Waals surface area (Å²) in [6.45, 7) is 4.28. The highest BCUT2D eigenvalue weighted by Crippen LogP contribution is 2.27. The number of fused-ring (bicyclic) bond motifs is 1. The zero-order valence-electron chi connectivity index (χ0n) is 22.6. The summed E-state index contributed by atoms with van der Waals surface area (Å²) in [6, 6.07) is 14.9. The van der Waals surface area contributed by atoms with E-state index in [1.807, 2.05) is 50.2 Å². The first-order valence-corrected chi connectivity index (χ1v) is 13.1. The van der Waals surface area contributed by atoms with Crippen molar-refractivity contribution in [2.75, 3.05) is 26.7 Å². The van der Waals surface area contributed by atoms with Gasteiger partial charge in [0.05, 0.1) is 25.6 Å². The van der Waals surface area contributed by atoms with Crippen LogP contribution in [0.5, 0.6) is 5.88 Å². The number of carbonyl (C=O) groups excluding carboxylic acids is 2. The van der Waals surface area contributed by atoms with Crippen LogP contribution in [0, 0.1) is 17.8 Å². The molecule has 0 aliphatic carbocycles. The molecule has 0 radical (unpaired) electrons. The highest BCUT2D eigenvalue weighted by Gasteiger charge is 2.34. The normalized spacial score (nSPS) is 17.5. The summed E-state index contributed by atoms with van der Waals surface area (Å²) >= 11 is 0. The van der Waals surface area contributed by atoms with Crippen molar-refractivity contribution in [1.29, 1.82) is 0 Å². The molecule has 2 aromatic heterocycles. The number of aromatic nitrogens is 2. The molecule has 39 heavy (non-hydrogen) atoms. The van der Waals surface area contributed by atoms with Crippen LogP contribution in [0.15, 0.2) is 67.1 Å². The maximum atomic E-state index is 13.6. The van der Waals surface area contributed by atoms with Gasteiger partial charge in [0, 0.05) is 50.1 Å². The summed E-state index contributed by atoms with van der Waals surface area (Å²) in [5.74, 6) is 5.99. The molecule has 0 bridgehead atoms. The lowest BCUT2D eigenvalue weighted by molar-refractivity contribution is -0.130. The fourth-order valence-electron chi connectivity index (χ4n) is 4.42. The summed E-state index contributed by atoms with van der Waals surface area (Å²) in [5.41, 5.74) is 2.84. The minimum atomic E-state index is -0.421. The predicted molar refractivity (Wildman–Crippen MR) is 148 cm³/mol. The van der Waals surface area contributed by atoms with E-state index in [-0.39, 0.29) is 36.6 Å². The van der Waals surface area contributed by atoms with Crippen molar-refractivity contribution in [2.45, 2.75) is 38.8 Å². The first-order valence-electron chi connectivity index (χ1n) is 13.1. The molecule has 1 aliphatic rings. The molecule has 8 heteroatoms. The van der Waals surface area contributed by atoms with E-state index in [0.717, 1.165) is 11.1 Å². The summed E-state index contributed by atoms with van der Waals surface area (Å²) in [4.78, 5) is 38.4. The van der Waals surface area contributed by atoms with Crippen molar-refractivity contribution in [2.24, 2.45) is 5.92 Å².